The van der Waals surface area contributed by atoms with Crippen LogP contribution in [0.2, 0.25) is 0 Å². The van der Waals surface area contributed by atoms with E-state index < -0.39 is 11.3 Å². The van der Waals surface area contributed by atoms with E-state index in [0.29, 0.717) is 11.1 Å². The molecule has 0 aliphatic carbocycles. The zero-order valence-corrected chi connectivity index (χ0v) is 8.28. The Morgan fingerprint density at radius 3 is 2.43 bits per heavy atom. The number of Topliss-reactive ketones (excluding diaryl/α,β-unsaturated/α-hetero) is 1. The van der Waals surface area contributed by atoms with Crippen LogP contribution in [0, 0.1) is 0 Å². The molecular weight excluding hydrogens is 204 g/mol. The van der Waals surface area contributed by atoms with E-state index in [0.717, 1.165) is 0 Å². The summed E-state index contributed by atoms with van der Waals surface area (Å²) in [5.41, 5.74) is 0.698. The van der Waals surface area contributed by atoms with Gasteiger partial charge in [-0.1, -0.05) is 24.3 Å². The number of carboxylic acid groups (broad SMARTS) is 1. The third kappa shape index (κ3) is 2.12. The summed E-state index contributed by atoms with van der Waals surface area (Å²) in [6.07, 6.45) is 0. The van der Waals surface area contributed by atoms with Gasteiger partial charge in [0.05, 0.1) is 0 Å². The van der Waals surface area contributed by atoms with E-state index in [2.05, 4.69) is 0 Å². The lowest BCUT2D eigenvalue weighted by atomic mass is 10.0. The van der Waals surface area contributed by atoms with Crippen LogP contribution in [0.15, 0.2) is 24.3 Å². The van der Waals surface area contributed by atoms with Gasteiger partial charge in [-0.3, -0.25) is 9.59 Å². The predicted molar refractivity (Wildman–Crippen MR) is 52.7 cm³/mol. The molecule has 0 heterocycles. The van der Waals surface area contributed by atoms with Crippen molar-refractivity contribution >= 4 is 23.4 Å². The lowest BCUT2D eigenvalue weighted by Gasteiger charge is -2.08. The quantitative estimate of drug-likeness (QED) is 0.618. The fourth-order valence-corrected chi connectivity index (χ4v) is 1.36. The molecule has 0 aliphatic heterocycles. The number of halogens is 1. The molecule has 0 saturated heterocycles. The number of carboxylic acids is 1. The smallest absolute Gasteiger partial charge is 0.326 e. The number of ketones is 1. The van der Waals surface area contributed by atoms with E-state index in [1.807, 2.05) is 0 Å². The molecule has 1 N–H and O–H groups in total. The number of carbonyl (C=O) groups is 2. The molecule has 0 spiro atoms. The summed E-state index contributed by atoms with van der Waals surface area (Å²) in [6.45, 7) is 1.38. The third-order valence-electron chi connectivity index (χ3n) is 1.83. The second-order valence-electron chi connectivity index (χ2n) is 2.84. The van der Waals surface area contributed by atoms with Crippen LogP contribution in [-0.4, -0.2) is 16.9 Å². The lowest BCUT2D eigenvalue weighted by molar-refractivity contribution is -0.136. The first-order chi connectivity index (χ1) is 6.54. The molecule has 14 heavy (non-hydrogen) atoms. The minimum Gasteiger partial charge on any atom is -0.480 e. The Morgan fingerprint density at radius 2 is 1.93 bits per heavy atom. The number of benzene rings is 1. The van der Waals surface area contributed by atoms with Crippen LogP contribution < -0.4 is 0 Å². The highest BCUT2D eigenvalue weighted by Crippen LogP contribution is 2.24. The molecule has 0 saturated carbocycles. The summed E-state index contributed by atoms with van der Waals surface area (Å²) in [7, 11) is 0. The normalized spacial score (nSPS) is 12.1. The SMILES string of the molecule is CC(=O)c1ccccc1C(Cl)C(=O)O. The van der Waals surface area contributed by atoms with Crippen molar-refractivity contribution < 1.29 is 14.7 Å². The standard InChI is InChI=1S/C10H9ClO3/c1-6(12)7-4-2-3-5-8(7)9(11)10(13)14/h2-5,9H,1H3,(H,13,14). The van der Waals surface area contributed by atoms with Crippen molar-refractivity contribution in [2.75, 3.05) is 0 Å². The highest BCUT2D eigenvalue weighted by atomic mass is 35.5. The van der Waals surface area contributed by atoms with E-state index in [1.165, 1.54) is 6.92 Å². The lowest BCUT2D eigenvalue weighted by Crippen LogP contribution is -2.09. The first kappa shape index (κ1) is 10.7. The highest BCUT2D eigenvalue weighted by molar-refractivity contribution is 6.30. The number of alkyl halides is 1. The molecule has 74 valence electrons. The molecule has 0 amide bonds. The predicted octanol–water partition coefficient (Wildman–Crippen LogP) is 2.25. The number of rotatable bonds is 3. The van der Waals surface area contributed by atoms with Gasteiger partial charge in [0.1, 0.15) is 0 Å². The average Bonchev–Trinajstić information content (AvgIpc) is 2.16. The fourth-order valence-electron chi connectivity index (χ4n) is 1.17. The molecule has 0 bridgehead atoms. The van der Waals surface area contributed by atoms with Crippen LogP contribution >= 0.6 is 11.6 Å². The van der Waals surface area contributed by atoms with Gasteiger partial charge < -0.3 is 5.11 Å². The second-order valence-corrected chi connectivity index (χ2v) is 3.28. The maximum absolute atomic E-state index is 11.1. The van der Waals surface area contributed by atoms with Crippen molar-refractivity contribution in [3.8, 4) is 0 Å². The van der Waals surface area contributed by atoms with Gasteiger partial charge in [0.15, 0.2) is 11.2 Å². The Hall–Kier alpha value is -1.35. The highest BCUT2D eigenvalue weighted by Gasteiger charge is 2.20. The summed E-state index contributed by atoms with van der Waals surface area (Å²) in [5, 5.41) is 7.53. The molecule has 0 fully saturated rings. The van der Waals surface area contributed by atoms with E-state index >= 15 is 0 Å². The molecule has 0 aliphatic rings. The van der Waals surface area contributed by atoms with E-state index in [1.54, 1.807) is 24.3 Å². The number of aliphatic carboxylic acids is 1. The molecule has 3 nitrogen and oxygen atoms in total. The molecule has 1 atom stereocenters. The van der Waals surface area contributed by atoms with Gasteiger partial charge in [0.25, 0.3) is 0 Å². The van der Waals surface area contributed by atoms with Crippen LogP contribution in [0.3, 0.4) is 0 Å². The Bertz CT molecular complexity index is 373. The number of hydrogen-bond donors (Lipinski definition) is 1. The molecule has 4 heteroatoms. The topological polar surface area (TPSA) is 54.4 Å². The van der Waals surface area contributed by atoms with Gasteiger partial charge in [-0.2, -0.15) is 0 Å². The van der Waals surface area contributed by atoms with Crippen molar-refractivity contribution in [2.24, 2.45) is 0 Å². The van der Waals surface area contributed by atoms with Gasteiger partial charge in [0, 0.05) is 5.56 Å². The van der Waals surface area contributed by atoms with Crippen LogP contribution in [-0.2, 0) is 4.79 Å². The first-order valence-electron chi connectivity index (χ1n) is 4.00. The van der Waals surface area contributed by atoms with Gasteiger partial charge in [-0.05, 0) is 12.5 Å². The van der Waals surface area contributed by atoms with Gasteiger partial charge in [-0.25, -0.2) is 0 Å². The Morgan fingerprint density at radius 1 is 1.36 bits per heavy atom. The van der Waals surface area contributed by atoms with Gasteiger partial charge in [0.2, 0.25) is 0 Å². The molecule has 1 aromatic rings. The van der Waals surface area contributed by atoms with Gasteiger partial charge >= 0.3 is 5.97 Å². The zero-order chi connectivity index (χ0) is 10.7. The van der Waals surface area contributed by atoms with Crippen molar-refractivity contribution in [3.05, 3.63) is 35.4 Å². The van der Waals surface area contributed by atoms with Crippen LogP contribution in [0.1, 0.15) is 28.2 Å². The summed E-state index contributed by atoms with van der Waals surface area (Å²) in [6, 6.07) is 6.43. The third-order valence-corrected chi connectivity index (χ3v) is 2.25. The summed E-state index contributed by atoms with van der Waals surface area (Å²) in [5.74, 6) is -1.34. The monoisotopic (exact) mass is 212 g/mol. The summed E-state index contributed by atoms with van der Waals surface area (Å²) >= 11 is 5.64. The maximum atomic E-state index is 11.1. The van der Waals surface area contributed by atoms with E-state index in [-0.39, 0.29) is 5.78 Å². The van der Waals surface area contributed by atoms with E-state index in [9.17, 15) is 9.59 Å². The minimum atomic E-state index is -1.17. The second kappa shape index (κ2) is 4.24. The van der Waals surface area contributed by atoms with E-state index in [4.69, 9.17) is 16.7 Å². The molecule has 0 radical (unpaired) electrons. The Balaban J connectivity index is 3.19. The summed E-state index contributed by atoms with van der Waals surface area (Å²) < 4.78 is 0. The summed E-state index contributed by atoms with van der Waals surface area (Å²) in [4.78, 5) is 21.8. The van der Waals surface area contributed by atoms with Crippen LogP contribution in [0.5, 0.6) is 0 Å². The van der Waals surface area contributed by atoms with Gasteiger partial charge in [-0.15, -0.1) is 11.6 Å². The molecule has 1 rings (SSSR count). The minimum absolute atomic E-state index is 0.187. The Kier molecular flexibility index (Phi) is 3.25. The first-order valence-corrected chi connectivity index (χ1v) is 4.44. The Labute approximate surface area is 86.3 Å². The zero-order valence-electron chi connectivity index (χ0n) is 7.53. The molecule has 0 aromatic heterocycles. The average molecular weight is 213 g/mol. The van der Waals surface area contributed by atoms with Crippen molar-refractivity contribution in [2.45, 2.75) is 12.3 Å². The number of hydrogen-bond acceptors (Lipinski definition) is 2. The molecular formula is C10H9ClO3. The van der Waals surface area contributed by atoms with Crippen molar-refractivity contribution in [1.82, 2.24) is 0 Å². The molecule has 1 unspecified atom stereocenters. The number of carbonyl (C=O) groups excluding carboxylic acids is 1. The van der Waals surface area contributed by atoms with Crippen LogP contribution in [0.25, 0.3) is 0 Å². The molecule has 1 aromatic carbocycles. The van der Waals surface area contributed by atoms with Crippen molar-refractivity contribution in [3.63, 3.8) is 0 Å². The van der Waals surface area contributed by atoms with Crippen LogP contribution in [0.4, 0.5) is 0 Å². The maximum Gasteiger partial charge on any atom is 0.326 e. The largest absolute Gasteiger partial charge is 0.480 e. The van der Waals surface area contributed by atoms with Crippen molar-refractivity contribution in [1.29, 1.82) is 0 Å². The fraction of sp³-hybridized carbons (Fsp3) is 0.200.